The molecular weight excluding hydrogens is 769 g/mol. The number of hydrogen-bond donors (Lipinski definition) is 0. The molecule has 0 saturated heterocycles. The average Bonchev–Trinajstić information content (AvgIpc) is 3.78. The largest absolute Gasteiger partial charge is 0.458 e. The minimum Gasteiger partial charge on any atom is -0.458 e. The van der Waals surface area contributed by atoms with Gasteiger partial charge in [-0.25, -0.2) is 4.98 Å². The van der Waals surface area contributed by atoms with Gasteiger partial charge in [0.05, 0.1) is 33.8 Å². The number of rotatable bonds is 6. The number of ether oxygens (including phenoxy) is 1. The molecule has 3 aromatic heterocycles. The van der Waals surface area contributed by atoms with Crippen LogP contribution in [0, 0.1) is 6.33 Å². The van der Waals surface area contributed by atoms with Crippen LogP contribution in [0.2, 0.25) is 0 Å². The van der Waals surface area contributed by atoms with E-state index in [1.807, 2.05) is 6.20 Å². The lowest BCUT2D eigenvalue weighted by atomic mass is 9.79. The summed E-state index contributed by atoms with van der Waals surface area (Å²) in [7, 11) is 0. The number of pyridine rings is 1. The van der Waals surface area contributed by atoms with Gasteiger partial charge >= 0.3 is 0 Å². The molecule has 0 aliphatic carbocycles. The van der Waals surface area contributed by atoms with Gasteiger partial charge in [0, 0.05) is 23.0 Å². The predicted octanol–water partition coefficient (Wildman–Crippen LogP) is 15.0. The Morgan fingerprint density at radius 2 is 1.11 bits per heavy atom. The minimum absolute atomic E-state index is 0.0189. The van der Waals surface area contributed by atoms with Crippen LogP contribution in [-0.2, 0) is 27.1 Å². The Bertz CT molecular complexity index is 2950. The van der Waals surface area contributed by atoms with E-state index >= 15 is 0 Å². The highest BCUT2D eigenvalue weighted by atomic mass is 16.5. The first-order chi connectivity index (χ1) is 29.4. The Kier molecular flexibility index (Phi) is 10.7. The van der Waals surface area contributed by atoms with E-state index in [4.69, 9.17) is 9.72 Å². The van der Waals surface area contributed by atoms with Gasteiger partial charge in [0.1, 0.15) is 17.3 Å². The molecule has 0 aliphatic heterocycles. The summed E-state index contributed by atoms with van der Waals surface area (Å²) in [6.07, 6.45) is 5.90. The summed E-state index contributed by atoms with van der Waals surface area (Å²) >= 11 is 0. The number of hydrogen-bond acceptors (Lipinski definition) is 2. The maximum Gasteiger partial charge on any atom is 0.269 e. The fourth-order valence-electron chi connectivity index (χ4n) is 8.75. The molecule has 0 atom stereocenters. The van der Waals surface area contributed by atoms with Gasteiger partial charge in [0.2, 0.25) is 0 Å². The Morgan fingerprint density at radius 1 is 0.492 bits per heavy atom. The first kappa shape index (κ1) is 43.7. The van der Waals surface area contributed by atoms with Gasteiger partial charge in [-0.3, -0.25) is 13.7 Å². The maximum atomic E-state index is 7.03. The molecule has 5 heteroatoms. The average molecular weight is 835 g/mol. The van der Waals surface area contributed by atoms with Crippen molar-refractivity contribution in [1.29, 1.82) is 0 Å². The topological polar surface area (TPSA) is 35.9 Å². The number of benzene rings is 5. The quantitative estimate of drug-likeness (QED) is 0.124. The molecule has 0 fully saturated rings. The number of imidazole rings is 1. The molecule has 0 amide bonds. The molecule has 0 aliphatic rings. The highest BCUT2D eigenvalue weighted by Crippen LogP contribution is 2.40. The van der Waals surface area contributed by atoms with E-state index in [0.717, 1.165) is 56.2 Å². The molecular formula is C58H66N4O. The molecule has 5 nitrogen and oxygen atoms in total. The lowest BCUT2D eigenvalue weighted by Crippen LogP contribution is -2.41. The summed E-state index contributed by atoms with van der Waals surface area (Å²) in [6, 6.07) is 43.7. The summed E-state index contributed by atoms with van der Waals surface area (Å²) in [4.78, 5) is 4.92. The Balaban J connectivity index is 1.35. The molecule has 8 aromatic rings. The van der Waals surface area contributed by atoms with Crippen LogP contribution in [-0.4, -0.2) is 14.1 Å². The molecule has 8 rings (SSSR count). The molecule has 0 spiro atoms. The van der Waals surface area contributed by atoms with E-state index < -0.39 is 0 Å². The summed E-state index contributed by atoms with van der Waals surface area (Å²) < 4.78 is 13.9. The van der Waals surface area contributed by atoms with Crippen molar-refractivity contribution in [3.05, 3.63) is 162 Å². The van der Waals surface area contributed by atoms with Crippen LogP contribution in [0.15, 0.2) is 128 Å². The van der Waals surface area contributed by atoms with Gasteiger partial charge in [-0.1, -0.05) is 158 Å². The van der Waals surface area contributed by atoms with Gasteiger partial charge in [0.15, 0.2) is 0 Å². The number of aromatic nitrogens is 4. The normalized spacial score (nSPS) is 13.0. The smallest absolute Gasteiger partial charge is 0.269 e. The highest BCUT2D eigenvalue weighted by Gasteiger charge is 2.35. The van der Waals surface area contributed by atoms with E-state index in [9.17, 15) is 0 Å². The first-order valence-corrected chi connectivity index (χ1v) is 22.5. The Labute approximate surface area is 376 Å². The fourth-order valence-corrected chi connectivity index (χ4v) is 8.75. The minimum atomic E-state index is -0.237. The van der Waals surface area contributed by atoms with Crippen LogP contribution in [0.1, 0.15) is 132 Å². The lowest BCUT2D eigenvalue weighted by Gasteiger charge is -2.31. The number of fused-ring (bicyclic) bond motifs is 3. The van der Waals surface area contributed by atoms with Crippen molar-refractivity contribution in [2.24, 2.45) is 0 Å². The SMILES string of the molecule is CC(C)(C)c1cc(-[n+]2[c-]n(-c3cc(Oc4ccc5c6ccccc6n(-c6cc(C(C)(C)C)ccn6)c5c4)cc(-c4ccccc4)c3)c(C(C)(C)C)c2C(C)(C)C)cc(C(C)(C)C)c1. The second-order valence-electron chi connectivity index (χ2n) is 22.6. The predicted molar refractivity (Wildman–Crippen MR) is 264 cm³/mol. The van der Waals surface area contributed by atoms with Crippen LogP contribution in [0.3, 0.4) is 0 Å². The zero-order chi connectivity index (χ0) is 45.4. The maximum absolute atomic E-state index is 7.03. The Morgan fingerprint density at radius 3 is 1.73 bits per heavy atom. The third kappa shape index (κ3) is 8.60. The van der Waals surface area contributed by atoms with Crippen LogP contribution in [0.4, 0.5) is 0 Å². The van der Waals surface area contributed by atoms with E-state index in [0.29, 0.717) is 0 Å². The molecule has 324 valence electrons. The summed E-state index contributed by atoms with van der Waals surface area (Å²) in [6.45, 7) is 34.5. The molecule has 0 saturated carbocycles. The molecule has 0 N–H and O–H groups in total. The van der Waals surface area contributed by atoms with Gasteiger partial charge < -0.3 is 4.74 Å². The molecule has 3 heterocycles. The van der Waals surface area contributed by atoms with Crippen molar-refractivity contribution in [1.82, 2.24) is 14.1 Å². The monoisotopic (exact) mass is 835 g/mol. The van der Waals surface area contributed by atoms with Crippen molar-refractivity contribution in [2.75, 3.05) is 0 Å². The molecule has 0 unspecified atom stereocenters. The molecule has 0 bridgehead atoms. The van der Waals surface area contributed by atoms with Gasteiger partial charge in [-0.15, -0.1) is 0 Å². The van der Waals surface area contributed by atoms with E-state index in [-0.39, 0.29) is 27.1 Å². The van der Waals surface area contributed by atoms with Crippen LogP contribution in [0.5, 0.6) is 11.5 Å². The van der Waals surface area contributed by atoms with Crippen molar-refractivity contribution < 1.29 is 9.30 Å². The zero-order valence-electron chi connectivity index (χ0n) is 40.3. The fraction of sp³-hybridized carbons (Fsp3) is 0.345. The lowest BCUT2D eigenvalue weighted by molar-refractivity contribution is -0.611. The van der Waals surface area contributed by atoms with Gasteiger partial charge in [-0.05, 0) is 116 Å². The third-order valence-electron chi connectivity index (χ3n) is 12.2. The zero-order valence-corrected chi connectivity index (χ0v) is 40.3. The molecule has 5 aromatic carbocycles. The van der Waals surface area contributed by atoms with E-state index in [1.54, 1.807) is 0 Å². The van der Waals surface area contributed by atoms with Crippen molar-refractivity contribution in [3.8, 4) is 39.8 Å². The van der Waals surface area contributed by atoms with Crippen LogP contribution < -0.4 is 9.30 Å². The van der Waals surface area contributed by atoms with Gasteiger partial charge in [0.25, 0.3) is 6.33 Å². The third-order valence-corrected chi connectivity index (χ3v) is 12.2. The summed E-state index contributed by atoms with van der Waals surface area (Å²) in [5, 5.41) is 2.33. The summed E-state index contributed by atoms with van der Waals surface area (Å²) in [5.74, 6) is 2.39. The van der Waals surface area contributed by atoms with Crippen molar-refractivity contribution in [3.63, 3.8) is 0 Å². The highest BCUT2D eigenvalue weighted by molar-refractivity contribution is 6.09. The standard InChI is InChI=1S/C58H66N4O/c1-54(2,3)40-27-28-59-51(34-40)62-49-24-20-19-23-47(49)48-26-25-45(36-50(48)62)63-46-30-39(38-21-17-16-18-22-38)29-43(35-46)60-37-61(53(58(13,14)15)52(60)57(10,11)12)44-32-41(55(4,5)6)31-42(33-44)56(7,8)9/h16-36H,1-15H3. The molecule has 0 radical (unpaired) electrons. The van der Waals surface area contributed by atoms with Crippen LogP contribution in [0.25, 0.3) is 50.1 Å². The van der Waals surface area contributed by atoms with Gasteiger partial charge in [-0.2, -0.15) is 0 Å². The summed E-state index contributed by atoms with van der Waals surface area (Å²) in [5.41, 5.74) is 12.2. The first-order valence-electron chi connectivity index (χ1n) is 22.5. The number of para-hydroxylation sites is 1. The Hall–Kier alpha value is -5.94. The van der Waals surface area contributed by atoms with Crippen molar-refractivity contribution in [2.45, 2.75) is 131 Å². The molecule has 63 heavy (non-hydrogen) atoms. The van der Waals surface area contributed by atoms with E-state index in [2.05, 4.69) is 245 Å². The van der Waals surface area contributed by atoms with Crippen molar-refractivity contribution >= 4 is 21.8 Å². The second kappa shape index (κ2) is 15.4. The van der Waals surface area contributed by atoms with Crippen LogP contribution >= 0.6 is 0 Å². The van der Waals surface area contributed by atoms with E-state index in [1.165, 1.54) is 33.5 Å². The number of nitrogens with zero attached hydrogens (tertiary/aromatic N) is 4. The second-order valence-corrected chi connectivity index (χ2v) is 22.6.